The quantitative estimate of drug-likeness (QED) is 0.472. The molecule has 5 nitrogen and oxygen atoms in total. The van der Waals surface area contributed by atoms with Crippen LogP contribution in [0.2, 0.25) is 10.0 Å². The van der Waals surface area contributed by atoms with Gasteiger partial charge >= 0.3 is 6.18 Å². The Hall–Kier alpha value is -2.68. The molecular weight excluding hydrogens is 428 g/mol. The van der Waals surface area contributed by atoms with Gasteiger partial charge in [0.2, 0.25) is 0 Å². The van der Waals surface area contributed by atoms with Crippen molar-refractivity contribution >= 4 is 28.8 Å². The summed E-state index contributed by atoms with van der Waals surface area (Å²) in [6.07, 6.45) is -1.91. The lowest BCUT2D eigenvalue weighted by molar-refractivity contribution is -0.142. The molecule has 148 valence electrons. The highest BCUT2D eigenvalue weighted by atomic mass is 35.5. The second-order valence-corrected chi connectivity index (χ2v) is 6.96. The number of alkyl halides is 3. The third kappa shape index (κ3) is 3.66. The maximum absolute atomic E-state index is 13.7. The van der Waals surface area contributed by atoms with Gasteiger partial charge < -0.3 is 5.11 Å². The Morgan fingerprint density at radius 2 is 1.79 bits per heavy atom. The Bertz CT molecular complexity index is 1220. The SMILES string of the molecule is OCc1cc(-c2cnn3c(C(F)(F)F)cc(-c4ccc(Cl)c(Cl)c4)nc23)ccn1. The Morgan fingerprint density at radius 3 is 2.48 bits per heavy atom. The first-order valence-electron chi connectivity index (χ1n) is 8.25. The summed E-state index contributed by atoms with van der Waals surface area (Å²) in [6.45, 7) is -0.303. The van der Waals surface area contributed by atoms with Crippen LogP contribution < -0.4 is 0 Å². The van der Waals surface area contributed by atoms with Gasteiger partial charge in [-0.25, -0.2) is 9.50 Å². The lowest BCUT2D eigenvalue weighted by Gasteiger charge is -2.12. The zero-order chi connectivity index (χ0) is 20.8. The van der Waals surface area contributed by atoms with Crippen LogP contribution in [-0.4, -0.2) is 24.7 Å². The molecule has 0 spiro atoms. The Labute approximate surface area is 172 Å². The number of aliphatic hydroxyl groups is 1. The van der Waals surface area contributed by atoms with Crippen molar-refractivity contribution in [1.82, 2.24) is 19.6 Å². The maximum atomic E-state index is 13.7. The van der Waals surface area contributed by atoms with Gasteiger partial charge in [0, 0.05) is 17.3 Å². The maximum Gasteiger partial charge on any atom is 0.433 e. The van der Waals surface area contributed by atoms with Crippen LogP contribution >= 0.6 is 23.2 Å². The van der Waals surface area contributed by atoms with Gasteiger partial charge in [-0.15, -0.1) is 0 Å². The summed E-state index contributed by atoms with van der Waals surface area (Å²) >= 11 is 11.9. The van der Waals surface area contributed by atoms with E-state index in [9.17, 15) is 18.3 Å². The van der Waals surface area contributed by atoms with Gasteiger partial charge in [0.15, 0.2) is 11.3 Å². The topological polar surface area (TPSA) is 63.3 Å². The van der Waals surface area contributed by atoms with Gasteiger partial charge in [-0.3, -0.25) is 4.98 Å². The van der Waals surface area contributed by atoms with Crippen molar-refractivity contribution in [2.24, 2.45) is 0 Å². The van der Waals surface area contributed by atoms with Crippen LogP contribution in [-0.2, 0) is 12.8 Å². The van der Waals surface area contributed by atoms with Crippen molar-refractivity contribution in [1.29, 1.82) is 0 Å². The summed E-state index contributed by atoms with van der Waals surface area (Å²) in [5.74, 6) is 0. The molecule has 0 unspecified atom stereocenters. The summed E-state index contributed by atoms with van der Waals surface area (Å²) in [4.78, 5) is 8.38. The molecule has 0 radical (unpaired) electrons. The number of hydrogen-bond donors (Lipinski definition) is 1. The van der Waals surface area contributed by atoms with Crippen molar-refractivity contribution in [3.63, 3.8) is 0 Å². The lowest BCUT2D eigenvalue weighted by Crippen LogP contribution is -2.13. The first-order valence-corrected chi connectivity index (χ1v) is 9.01. The van der Waals surface area contributed by atoms with Crippen LogP contribution in [0.1, 0.15) is 11.4 Å². The minimum atomic E-state index is -4.66. The van der Waals surface area contributed by atoms with Gasteiger partial charge in [-0.1, -0.05) is 29.3 Å². The number of nitrogens with zero attached hydrogens (tertiary/aromatic N) is 4. The average Bonchev–Trinajstić information content (AvgIpc) is 3.12. The van der Waals surface area contributed by atoms with E-state index in [1.165, 1.54) is 24.5 Å². The highest BCUT2D eigenvalue weighted by Crippen LogP contribution is 2.36. The molecular formula is C19H11Cl2F3N4O. The Morgan fingerprint density at radius 1 is 1.00 bits per heavy atom. The monoisotopic (exact) mass is 438 g/mol. The number of benzene rings is 1. The third-order valence-corrected chi connectivity index (χ3v) is 5.01. The summed E-state index contributed by atoms with van der Waals surface area (Å²) in [7, 11) is 0. The third-order valence-electron chi connectivity index (χ3n) is 4.27. The second-order valence-electron chi connectivity index (χ2n) is 6.14. The van der Waals surface area contributed by atoms with Crippen molar-refractivity contribution < 1.29 is 18.3 Å². The van der Waals surface area contributed by atoms with Crippen LogP contribution in [0, 0.1) is 0 Å². The van der Waals surface area contributed by atoms with Crippen LogP contribution in [0.5, 0.6) is 0 Å². The molecule has 0 aliphatic carbocycles. The molecule has 0 amide bonds. The van der Waals surface area contributed by atoms with Crippen molar-refractivity contribution in [2.75, 3.05) is 0 Å². The Balaban J connectivity index is 2.00. The summed E-state index contributed by atoms with van der Waals surface area (Å²) < 4.78 is 41.9. The fourth-order valence-electron chi connectivity index (χ4n) is 2.90. The zero-order valence-electron chi connectivity index (χ0n) is 14.5. The number of pyridine rings is 1. The van der Waals surface area contributed by atoms with Gasteiger partial charge in [-0.2, -0.15) is 18.3 Å². The molecule has 4 rings (SSSR count). The van der Waals surface area contributed by atoms with Crippen LogP contribution in [0.15, 0.2) is 48.8 Å². The van der Waals surface area contributed by atoms with E-state index in [1.54, 1.807) is 18.2 Å². The van der Waals surface area contributed by atoms with E-state index >= 15 is 0 Å². The smallest absolute Gasteiger partial charge is 0.390 e. The highest BCUT2D eigenvalue weighted by Gasteiger charge is 2.35. The molecule has 0 saturated carbocycles. The minimum Gasteiger partial charge on any atom is -0.390 e. The molecule has 3 aromatic heterocycles. The predicted molar refractivity (Wildman–Crippen MR) is 103 cm³/mol. The molecule has 4 aromatic rings. The highest BCUT2D eigenvalue weighted by molar-refractivity contribution is 6.42. The molecule has 0 aliphatic heterocycles. The molecule has 0 fully saturated rings. The summed E-state index contributed by atoms with van der Waals surface area (Å²) in [5, 5.41) is 13.7. The molecule has 10 heteroatoms. The van der Waals surface area contributed by atoms with E-state index in [1.807, 2.05) is 0 Å². The van der Waals surface area contributed by atoms with Crippen LogP contribution in [0.25, 0.3) is 28.0 Å². The molecule has 3 heterocycles. The summed E-state index contributed by atoms with van der Waals surface area (Å²) in [5.41, 5.74) is 0.758. The van der Waals surface area contributed by atoms with Gasteiger partial charge in [-0.05, 0) is 35.9 Å². The molecule has 0 aliphatic rings. The standard InChI is InChI=1S/C19H11Cl2F3N4O/c20-14-2-1-11(6-15(14)21)16-7-17(19(22,23)24)28-18(27-16)13(8-26-28)10-3-4-25-12(5-10)9-29/h1-8,29H,9H2. The number of rotatable bonds is 3. The number of aromatic nitrogens is 4. The number of aliphatic hydroxyl groups excluding tert-OH is 1. The molecule has 1 aromatic carbocycles. The molecule has 0 bridgehead atoms. The fourth-order valence-corrected chi connectivity index (χ4v) is 3.20. The van der Waals surface area contributed by atoms with Crippen LogP contribution in [0.4, 0.5) is 13.2 Å². The van der Waals surface area contributed by atoms with Crippen molar-refractivity contribution in [2.45, 2.75) is 12.8 Å². The normalized spacial score (nSPS) is 11.9. The molecule has 0 atom stereocenters. The van der Waals surface area contributed by atoms with E-state index in [-0.39, 0.29) is 28.0 Å². The van der Waals surface area contributed by atoms with Crippen molar-refractivity contribution in [3.8, 4) is 22.4 Å². The summed E-state index contributed by atoms with van der Waals surface area (Å²) in [6, 6.07) is 8.57. The second kappa shape index (κ2) is 7.29. The zero-order valence-corrected chi connectivity index (χ0v) is 16.0. The fraction of sp³-hybridized carbons (Fsp3) is 0.105. The van der Waals surface area contributed by atoms with Gasteiger partial charge in [0.25, 0.3) is 0 Å². The average molecular weight is 439 g/mol. The van der Waals surface area contributed by atoms with E-state index in [2.05, 4.69) is 15.1 Å². The van der Waals surface area contributed by atoms with Gasteiger partial charge in [0.1, 0.15) is 0 Å². The first kappa shape index (κ1) is 19.6. The largest absolute Gasteiger partial charge is 0.433 e. The number of fused-ring (bicyclic) bond motifs is 1. The predicted octanol–water partition coefficient (Wildman–Crippen LogP) is 5.28. The van der Waals surface area contributed by atoms with Crippen LogP contribution in [0.3, 0.4) is 0 Å². The van der Waals surface area contributed by atoms with E-state index in [0.717, 1.165) is 10.6 Å². The molecule has 0 saturated heterocycles. The Kier molecular flexibility index (Phi) is 4.94. The number of hydrogen-bond acceptors (Lipinski definition) is 4. The lowest BCUT2D eigenvalue weighted by atomic mass is 10.1. The minimum absolute atomic E-state index is 0.0102. The van der Waals surface area contributed by atoms with E-state index in [4.69, 9.17) is 23.2 Å². The number of halogens is 5. The molecule has 1 N–H and O–H groups in total. The molecule has 29 heavy (non-hydrogen) atoms. The first-order chi connectivity index (χ1) is 13.8. The van der Waals surface area contributed by atoms with E-state index < -0.39 is 11.9 Å². The van der Waals surface area contributed by atoms with E-state index in [0.29, 0.717) is 22.4 Å². The van der Waals surface area contributed by atoms with Crippen molar-refractivity contribution in [3.05, 3.63) is 70.2 Å². The van der Waals surface area contributed by atoms with Gasteiger partial charge in [0.05, 0.1) is 34.2 Å².